The van der Waals surface area contributed by atoms with E-state index in [4.69, 9.17) is 4.52 Å². The topological polar surface area (TPSA) is 80.5 Å². The molecule has 0 atom stereocenters. The van der Waals surface area contributed by atoms with Gasteiger partial charge in [0.15, 0.2) is 5.82 Å². The van der Waals surface area contributed by atoms with Gasteiger partial charge < -0.3 is 4.52 Å². The number of thioether (sulfide) groups is 1. The van der Waals surface area contributed by atoms with Gasteiger partial charge in [0.2, 0.25) is 11.0 Å². The molecule has 1 fully saturated rings. The van der Waals surface area contributed by atoms with E-state index < -0.39 is 0 Å². The van der Waals surface area contributed by atoms with Gasteiger partial charge in [-0.15, -0.1) is 5.10 Å². The van der Waals surface area contributed by atoms with Gasteiger partial charge in [0.1, 0.15) is 5.82 Å². The normalized spacial score (nSPS) is 15.6. The molecule has 0 amide bonds. The van der Waals surface area contributed by atoms with Crippen molar-refractivity contribution in [2.24, 2.45) is 0 Å². The van der Waals surface area contributed by atoms with Crippen LogP contribution in [-0.4, -0.2) is 25.3 Å². The van der Waals surface area contributed by atoms with E-state index in [2.05, 4.69) is 25.3 Å². The lowest BCUT2D eigenvalue weighted by atomic mass is 10.4. The van der Waals surface area contributed by atoms with Gasteiger partial charge in [-0.05, 0) is 19.8 Å². The summed E-state index contributed by atoms with van der Waals surface area (Å²) in [6.07, 6.45) is 2.45. The smallest absolute Gasteiger partial charge is 0.237 e. The van der Waals surface area contributed by atoms with Crippen LogP contribution in [0.5, 0.6) is 0 Å². The highest BCUT2D eigenvalue weighted by atomic mass is 32.2. The molecule has 0 aromatic carbocycles. The van der Waals surface area contributed by atoms with Crippen molar-refractivity contribution in [1.29, 1.82) is 0 Å². The van der Waals surface area contributed by atoms with Crippen molar-refractivity contribution in [3.63, 3.8) is 0 Å². The molecule has 3 rings (SSSR count). The first-order chi connectivity index (χ1) is 7.81. The summed E-state index contributed by atoms with van der Waals surface area (Å²) in [6, 6.07) is 0. The highest BCUT2D eigenvalue weighted by Crippen LogP contribution is 2.38. The first-order valence-electron chi connectivity index (χ1n) is 5.15. The van der Waals surface area contributed by atoms with Gasteiger partial charge >= 0.3 is 0 Å². The van der Waals surface area contributed by atoms with E-state index in [9.17, 15) is 0 Å². The Labute approximate surface area is 96.2 Å². The summed E-state index contributed by atoms with van der Waals surface area (Å²) in [5.41, 5.74) is 0. The fraction of sp³-hybridized carbons (Fsp3) is 0.556. The molecule has 0 radical (unpaired) electrons. The van der Waals surface area contributed by atoms with Crippen LogP contribution in [-0.2, 0) is 5.75 Å². The van der Waals surface area contributed by atoms with Crippen LogP contribution in [0.4, 0.5) is 0 Å². The van der Waals surface area contributed by atoms with Crippen molar-refractivity contribution < 1.29 is 4.52 Å². The molecule has 1 aliphatic carbocycles. The van der Waals surface area contributed by atoms with Gasteiger partial charge in [-0.3, -0.25) is 5.10 Å². The van der Waals surface area contributed by atoms with Crippen molar-refractivity contribution in [3.05, 3.63) is 17.5 Å². The van der Waals surface area contributed by atoms with Gasteiger partial charge in [0.05, 0.1) is 5.75 Å². The van der Waals surface area contributed by atoms with Crippen molar-refractivity contribution in [2.45, 2.75) is 36.6 Å². The van der Waals surface area contributed by atoms with E-state index in [1.807, 2.05) is 0 Å². The number of hydrogen-bond acceptors (Lipinski definition) is 6. The quantitative estimate of drug-likeness (QED) is 0.814. The molecular formula is C9H11N5OS. The lowest BCUT2D eigenvalue weighted by molar-refractivity contribution is 0.387. The van der Waals surface area contributed by atoms with Crippen molar-refractivity contribution in [2.75, 3.05) is 0 Å². The summed E-state index contributed by atoms with van der Waals surface area (Å²) in [5, 5.41) is 11.6. The predicted octanol–water partition coefficient (Wildman–Crippen LogP) is 1.67. The van der Waals surface area contributed by atoms with Crippen LogP contribution < -0.4 is 0 Å². The number of rotatable bonds is 4. The number of nitrogens with one attached hydrogen (secondary N) is 1. The second kappa shape index (κ2) is 3.89. The van der Waals surface area contributed by atoms with Crippen molar-refractivity contribution in [1.82, 2.24) is 25.3 Å². The molecule has 1 N–H and O–H groups in total. The van der Waals surface area contributed by atoms with Gasteiger partial charge in [-0.25, -0.2) is 4.98 Å². The summed E-state index contributed by atoms with van der Waals surface area (Å²) < 4.78 is 5.00. The third-order valence-corrected chi connectivity index (χ3v) is 3.17. The molecule has 2 aromatic rings. The van der Waals surface area contributed by atoms with E-state index in [1.54, 1.807) is 6.92 Å². The second-order valence-corrected chi connectivity index (χ2v) is 4.74. The molecular weight excluding hydrogens is 226 g/mol. The Kier molecular flexibility index (Phi) is 2.39. The first kappa shape index (κ1) is 9.83. The zero-order chi connectivity index (χ0) is 11.0. The van der Waals surface area contributed by atoms with E-state index in [0.717, 1.165) is 11.0 Å². The Bertz CT molecular complexity index is 490. The van der Waals surface area contributed by atoms with E-state index in [1.165, 1.54) is 24.6 Å². The highest BCUT2D eigenvalue weighted by molar-refractivity contribution is 7.98. The van der Waals surface area contributed by atoms with E-state index >= 15 is 0 Å². The Morgan fingerprint density at radius 3 is 3.00 bits per heavy atom. The highest BCUT2D eigenvalue weighted by Gasteiger charge is 2.27. The largest absolute Gasteiger partial charge is 0.338 e. The van der Waals surface area contributed by atoms with E-state index in [0.29, 0.717) is 23.4 Å². The molecule has 0 unspecified atom stereocenters. The standard InChI is InChI=1S/C9H11N5OS/c1-5-10-7(15-14-5)4-16-9-11-8(12-13-9)6-2-3-6/h6H,2-4H2,1H3,(H,11,12,13). The maximum absolute atomic E-state index is 5.00. The van der Waals surface area contributed by atoms with Crippen LogP contribution in [0.2, 0.25) is 0 Å². The first-order valence-corrected chi connectivity index (χ1v) is 6.14. The Hall–Kier alpha value is -1.37. The number of aromatic nitrogens is 5. The van der Waals surface area contributed by atoms with Crippen LogP contribution in [0, 0.1) is 6.92 Å². The number of aryl methyl sites for hydroxylation is 1. The summed E-state index contributed by atoms with van der Waals surface area (Å²) in [7, 11) is 0. The molecule has 84 valence electrons. The minimum atomic E-state index is 0.604. The predicted molar refractivity (Wildman–Crippen MR) is 57.0 cm³/mol. The SMILES string of the molecule is Cc1noc(CSc2n[nH]c(C3CC3)n2)n1. The van der Waals surface area contributed by atoms with E-state index in [-0.39, 0.29) is 0 Å². The lowest BCUT2D eigenvalue weighted by Gasteiger charge is -1.89. The molecule has 16 heavy (non-hydrogen) atoms. The van der Waals surface area contributed by atoms with Crippen LogP contribution in [0.25, 0.3) is 0 Å². The van der Waals surface area contributed by atoms with Crippen LogP contribution >= 0.6 is 11.8 Å². The maximum Gasteiger partial charge on any atom is 0.237 e. The van der Waals surface area contributed by atoms with Crippen LogP contribution in [0.1, 0.15) is 36.3 Å². The fourth-order valence-electron chi connectivity index (χ4n) is 1.39. The summed E-state index contributed by atoms with van der Waals surface area (Å²) >= 11 is 1.50. The molecule has 0 aliphatic heterocycles. The minimum Gasteiger partial charge on any atom is -0.338 e. The second-order valence-electron chi connectivity index (χ2n) is 3.80. The summed E-state index contributed by atoms with van der Waals surface area (Å²) in [5.74, 6) is 3.49. The average Bonchev–Trinajstić information content (AvgIpc) is 2.87. The molecule has 2 heterocycles. The maximum atomic E-state index is 5.00. The Balaban J connectivity index is 1.61. The number of aromatic amines is 1. The number of hydrogen-bond donors (Lipinski definition) is 1. The molecule has 6 nitrogen and oxygen atoms in total. The number of nitrogens with zero attached hydrogens (tertiary/aromatic N) is 4. The lowest BCUT2D eigenvalue weighted by Crippen LogP contribution is -1.83. The minimum absolute atomic E-state index is 0.604. The van der Waals surface area contributed by atoms with Gasteiger partial charge in [0, 0.05) is 5.92 Å². The van der Waals surface area contributed by atoms with Gasteiger partial charge in [-0.1, -0.05) is 16.9 Å². The molecule has 2 aromatic heterocycles. The zero-order valence-corrected chi connectivity index (χ0v) is 9.62. The third-order valence-electron chi connectivity index (χ3n) is 2.34. The van der Waals surface area contributed by atoms with Crippen LogP contribution in [0.3, 0.4) is 0 Å². The molecule has 1 aliphatic rings. The molecule has 0 bridgehead atoms. The average molecular weight is 237 g/mol. The summed E-state index contributed by atoms with van der Waals surface area (Å²) in [6.45, 7) is 1.80. The fourth-order valence-corrected chi connectivity index (χ4v) is 2.03. The van der Waals surface area contributed by atoms with Crippen LogP contribution in [0.15, 0.2) is 9.68 Å². The van der Waals surface area contributed by atoms with Gasteiger partial charge in [-0.2, -0.15) is 4.98 Å². The molecule has 7 heteroatoms. The van der Waals surface area contributed by atoms with Gasteiger partial charge in [0.25, 0.3) is 0 Å². The number of H-pyrrole nitrogens is 1. The molecule has 0 saturated heterocycles. The Morgan fingerprint density at radius 1 is 1.44 bits per heavy atom. The van der Waals surface area contributed by atoms with Crippen molar-refractivity contribution >= 4 is 11.8 Å². The third kappa shape index (κ3) is 2.08. The Morgan fingerprint density at radius 2 is 2.31 bits per heavy atom. The monoisotopic (exact) mass is 237 g/mol. The van der Waals surface area contributed by atoms with Crippen molar-refractivity contribution in [3.8, 4) is 0 Å². The summed E-state index contributed by atoms with van der Waals surface area (Å²) in [4.78, 5) is 8.52. The zero-order valence-electron chi connectivity index (χ0n) is 8.80. The molecule has 0 spiro atoms. The molecule has 1 saturated carbocycles.